The summed E-state index contributed by atoms with van der Waals surface area (Å²) in [5.41, 5.74) is 1.13. The molecular formula is C20H12ClN3O3S. The molecule has 2 aromatic heterocycles. The smallest absolute Gasteiger partial charge is 0.297 e. The van der Waals surface area contributed by atoms with Crippen LogP contribution >= 0.6 is 22.9 Å². The van der Waals surface area contributed by atoms with Crippen molar-refractivity contribution in [2.75, 3.05) is 4.90 Å². The third-order valence-corrected chi connectivity index (χ3v) is 5.74. The first-order chi connectivity index (χ1) is 13.5. The quantitative estimate of drug-likeness (QED) is 0.491. The number of carbonyl (C=O) groups excluding carboxylic acids is 1. The van der Waals surface area contributed by atoms with Crippen LogP contribution in [0, 0.1) is 6.92 Å². The Kier molecular flexibility index (Phi) is 3.82. The molecule has 2 aromatic carbocycles. The first-order valence-corrected chi connectivity index (χ1v) is 9.69. The number of amides is 1. The van der Waals surface area contributed by atoms with E-state index in [-0.39, 0.29) is 11.2 Å². The lowest BCUT2D eigenvalue weighted by Gasteiger charge is -2.21. The Bertz CT molecular complexity index is 1300. The summed E-state index contributed by atoms with van der Waals surface area (Å²) in [5, 5.41) is 10.1. The molecule has 1 aliphatic rings. The van der Waals surface area contributed by atoms with E-state index in [2.05, 4.69) is 10.2 Å². The zero-order valence-corrected chi connectivity index (χ0v) is 16.1. The maximum Gasteiger partial charge on any atom is 0.297 e. The van der Waals surface area contributed by atoms with E-state index < -0.39 is 11.9 Å². The maximum absolute atomic E-state index is 13.4. The van der Waals surface area contributed by atoms with E-state index in [0.717, 1.165) is 10.6 Å². The Labute approximate surface area is 168 Å². The summed E-state index contributed by atoms with van der Waals surface area (Å²) >= 11 is 7.36. The van der Waals surface area contributed by atoms with Gasteiger partial charge in [0.2, 0.25) is 10.9 Å². The SMILES string of the molecule is Cc1nnc(N2C(=O)c3oc4ccc(Cl)cc4c(=O)c3[C@@H]2c2ccccc2)s1. The minimum absolute atomic E-state index is 0.0292. The van der Waals surface area contributed by atoms with Crippen LogP contribution in [0.4, 0.5) is 5.13 Å². The van der Waals surface area contributed by atoms with Crippen LogP contribution in [-0.4, -0.2) is 16.1 Å². The second-order valence-electron chi connectivity index (χ2n) is 6.41. The van der Waals surface area contributed by atoms with Crippen molar-refractivity contribution >= 4 is 44.9 Å². The number of aryl methyl sites for hydroxylation is 1. The van der Waals surface area contributed by atoms with Gasteiger partial charge in [-0.1, -0.05) is 53.3 Å². The highest BCUT2D eigenvalue weighted by Gasteiger charge is 2.45. The van der Waals surface area contributed by atoms with E-state index in [4.69, 9.17) is 16.0 Å². The third kappa shape index (κ3) is 2.47. The standard InChI is InChI=1S/C20H12ClN3O3S/c1-10-22-23-20(28-10)24-16(11-5-3-2-4-6-11)15-17(25)13-9-12(21)7-8-14(13)27-18(15)19(24)26/h2-9,16H,1H3/t16-/m0/s1. The molecule has 0 saturated heterocycles. The molecule has 1 atom stereocenters. The van der Waals surface area contributed by atoms with Gasteiger partial charge < -0.3 is 4.42 Å². The number of benzene rings is 2. The maximum atomic E-state index is 13.4. The van der Waals surface area contributed by atoms with Gasteiger partial charge in [0, 0.05) is 5.02 Å². The number of carbonyl (C=O) groups is 1. The highest BCUT2D eigenvalue weighted by atomic mass is 35.5. The topological polar surface area (TPSA) is 76.3 Å². The van der Waals surface area contributed by atoms with Gasteiger partial charge in [-0.2, -0.15) is 0 Å². The van der Waals surface area contributed by atoms with Gasteiger partial charge in [0.1, 0.15) is 10.6 Å². The monoisotopic (exact) mass is 409 g/mol. The molecule has 8 heteroatoms. The van der Waals surface area contributed by atoms with Gasteiger partial charge in [0.05, 0.1) is 17.0 Å². The number of anilines is 1. The molecule has 1 amide bonds. The lowest BCUT2D eigenvalue weighted by Crippen LogP contribution is -2.29. The van der Waals surface area contributed by atoms with Crippen LogP contribution < -0.4 is 10.3 Å². The minimum atomic E-state index is -0.643. The zero-order valence-electron chi connectivity index (χ0n) is 14.5. The molecule has 5 rings (SSSR count). The minimum Gasteiger partial charge on any atom is -0.450 e. The van der Waals surface area contributed by atoms with E-state index >= 15 is 0 Å². The Morgan fingerprint density at radius 3 is 2.61 bits per heavy atom. The predicted octanol–water partition coefficient (Wildman–Crippen LogP) is 4.36. The van der Waals surface area contributed by atoms with Crippen LogP contribution in [0.5, 0.6) is 0 Å². The van der Waals surface area contributed by atoms with E-state index in [0.29, 0.717) is 26.7 Å². The molecule has 1 aliphatic heterocycles. The molecule has 0 aliphatic carbocycles. The number of hydrogen-bond donors (Lipinski definition) is 0. The molecule has 0 bridgehead atoms. The van der Waals surface area contributed by atoms with Gasteiger partial charge in [0.25, 0.3) is 5.91 Å². The lowest BCUT2D eigenvalue weighted by molar-refractivity contribution is 0.0970. The van der Waals surface area contributed by atoms with Gasteiger partial charge in [-0.25, -0.2) is 0 Å². The highest BCUT2D eigenvalue weighted by molar-refractivity contribution is 7.15. The molecule has 0 radical (unpaired) electrons. The summed E-state index contributed by atoms with van der Waals surface area (Å²) < 4.78 is 5.87. The first-order valence-electron chi connectivity index (χ1n) is 8.49. The van der Waals surface area contributed by atoms with Gasteiger partial charge in [0.15, 0.2) is 5.43 Å². The summed E-state index contributed by atoms with van der Waals surface area (Å²) in [6, 6.07) is 13.5. The number of nitrogens with zero attached hydrogens (tertiary/aromatic N) is 3. The van der Waals surface area contributed by atoms with Crippen molar-refractivity contribution in [2.45, 2.75) is 13.0 Å². The van der Waals surface area contributed by atoms with Crippen molar-refractivity contribution in [3.05, 3.63) is 85.7 Å². The average Bonchev–Trinajstić information content (AvgIpc) is 3.24. The highest BCUT2D eigenvalue weighted by Crippen LogP contribution is 2.42. The Balaban J connectivity index is 1.84. The molecule has 0 fully saturated rings. The fraction of sp³-hybridized carbons (Fsp3) is 0.100. The van der Waals surface area contributed by atoms with Crippen LogP contribution in [0.25, 0.3) is 11.0 Å². The van der Waals surface area contributed by atoms with E-state index in [1.165, 1.54) is 16.2 Å². The Morgan fingerprint density at radius 1 is 1.11 bits per heavy atom. The number of rotatable bonds is 2. The van der Waals surface area contributed by atoms with Crippen molar-refractivity contribution in [3.63, 3.8) is 0 Å². The molecule has 138 valence electrons. The summed E-state index contributed by atoms with van der Waals surface area (Å²) in [6.45, 7) is 1.81. The molecule has 6 nitrogen and oxygen atoms in total. The number of halogens is 1. The predicted molar refractivity (Wildman–Crippen MR) is 107 cm³/mol. The van der Waals surface area contributed by atoms with Crippen LogP contribution in [-0.2, 0) is 0 Å². The summed E-state index contributed by atoms with van der Waals surface area (Å²) in [7, 11) is 0. The van der Waals surface area contributed by atoms with Crippen LogP contribution in [0.2, 0.25) is 5.02 Å². The molecule has 4 aromatic rings. The molecule has 0 saturated carbocycles. The van der Waals surface area contributed by atoms with E-state index in [1.807, 2.05) is 37.3 Å². The second kappa shape index (κ2) is 6.25. The summed E-state index contributed by atoms with van der Waals surface area (Å²) in [5.74, 6) is -0.379. The van der Waals surface area contributed by atoms with Gasteiger partial charge in [-0.3, -0.25) is 14.5 Å². The second-order valence-corrected chi connectivity index (χ2v) is 8.00. The largest absolute Gasteiger partial charge is 0.450 e. The fourth-order valence-corrected chi connectivity index (χ4v) is 4.36. The normalized spacial score (nSPS) is 16.0. The summed E-state index contributed by atoms with van der Waals surface area (Å²) in [6.07, 6.45) is 0. The van der Waals surface area contributed by atoms with E-state index in [9.17, 15) is 9.59 Å². The van der Waals surface area contributed by atoms with Crippen molar-refractivity contribution < 1.29 is 9.21 Å². The van der Waals surface area contributed by atoms with Crippen LogP contribution in [0.3, 0.4) is 0 Å². The molecule has 3 heterocycles. The van der Waals surface area contributed by atoms with Crippen molar-refractivity contribution in [1.82, 2.24) is 10.2 Å². The summed E-state index contributed by atoms with van der Waals surface area (Å²) in [4.78, 5) is 28.1. The molecule has 0 unspecified atom stereocenters. The molecule has 0 N–H and O–H groups in total. The third-order valence-electron chi connectivity index (χ3n) is 4.67. The van der Waals surface area contributed by atoms with Crippen molar-refractivity contribution in [3.8, 4) is 0 Å². The molecular weight excluding hydrogens is 398 g/mol. The molecule has 0 spiro atoms. The Hall–Kier alpha value is -3.03. The number of hydrogen-bond acceptors (Lipinski definition) is 6. The van der Waals surface area contributed by atoms with Gasteiger partial charge in [-0.15, -0.1) is 10.2 Å². The molecule has 28 heavy (non-hydrogen) atoms. The fourth-order valence-electron chi connectivity index (χ4n) is 3.48. The van der Waals surface area contributed by atoms with Crippen LogP contribution in [0.1, 0.15) is 32.7 Å². The Morgan fingerprint density at radius 2 is 1.89 bits per heavy atom. The zero-order chi connectivity index (χ0) is 19.4. The number of aromatic nitrogens is 2. The lowest BCUT2D eigenvalue weighted by atomic mass is 9.99. The van der Waals surface area contributed by atoms with Crippen molar-refractivity contribution in [1.29, 1.82) is 0 Å². The average molecular weight is 410 g/mol. The van der Waals surface area contributed by atoms with Crippen LogP contribution in [0.15, 0.2) is 57.7 Å². The van der Waals surface area contributed by atoms with Crippen molar-refractivity contribution in [2.24, 2.45) is 0 Å². The van der Waals surface area contributed by atoms with Gasteiger partial charge >= 0.3 is 0 Å². The van der Waals surface area contributed by atoms with E-state index in [1.54, 1.807) is 18.2 Å². The van der Waals surface area contributed by atoms with Gasteiger partial charge in [-0.05, 0) is 30.7 Å². The number of fused-ring (bicyclic) bond motifs is 2. The first kappa shape index (κ1) is 17.1.